The molecule has 4 rings (SSSR count). The van der Waals surface area contributed by atoms with Crippen molar-refractivity contribution < 1.29 is 28.5 Å². The molecule has 35 heavy (non-hydrogen) atoms. The molecule has 8 heteroatoms. The van der Waals surface area contributed by atoms with Crippen LogP contribution in [0, 0.1) is 0 Å². The summed E-state index contributed by atoms with van der Waals surface area (Å²) in [6, 6.07) is 17.9. The van der Waals surface area contributed by atoms with Crippen molar-refractivity contribution in [3.63, 3.8) is 0 Å². The van der Waals surface area contributed by atoms with E-state index in [1.54, 1.807) is 68.5 Å². The smallest absolute Gasteiger partial charge is 0.263 e. The van der Waals surface area contributed by atoms with Crippen LogP contribution in [-0.2, 0) is 17.9 Å². The SMILES string of the molecule is COc1ccc(CN2Cc3cc(NC(=O)c4ccccc4OC)ccc3OC(C)C2=O)c(OC)c1. The fourth-order valence-corrected chi connectivity index (χ4v) is 4.03. The first-order valence-corrected chi connectivity index (χ1v) is 11.2. The van der Waals surface area contributed by atoms with Gasteiger partial charge >= 0.3 is 0 Å². The normalized spacial score (nSPS) is 14.9. The second-order valence-electron chi connectivity index (χ2n) is 8.11. The van der Waals surface area contributed by atoms with Crippen LogP contribution in [0.4, 0.5) is 5.69 Å². The van der Waals surface area contributed by atoms with E-state index in [4.69, 9.17) is 18.9 Å². The Balaban J connectivity index is 1.59. The molecule has 8 nitrogen and oxygen atoms in total. The number of amides is 2. The van der Waals surface area contributed by atoms with Crippen molar-refractivity contribution in [3.8, 4) is 23.0 Å². The van der Waals surface area contributed by atoms with Crippen LogP contribution >= 0.6 is 0 Å². The van der Waals surface area contributed by atoms with Crippen LogP contribution in [0.2, 0.25) is 0 Å². The first-order valence-electron chi connectivity index (χ1n) is 11.2. The molecule has 0 bridgehead atoms. The highest BCUT2D eigenvalue weighted by Crippen LogP contribution is 2.32. The third kappa shape index (κ3) is 5.16. The van der Waals surface area contributed by atoms with Gasteiger partial charge in [-0.2, -0.15) is 0 Å². The Morgan fingerprint density at radius 1 is 1.00 bits per heavy atom. The lowest BCUT2D eigenvalue weighted by Crippen LogP contribution is -2.37. The van der Waals surface area contributed by atoms with Gasteiger partial charge in [-0.25, -0.2) is 0 Å². The third-order valence-electron chi connectivity index (χ3n) is 5.85. The predicted molar refractivity (Wildman–Crippen MR) is 131 cm³/mol. The molecule has 0 saturated heterocycles. The van der Waals surface area contributed by atoms with Crippen LogP contribution in [0.15, 0.2) is 60.7 Å². The molecule has 3 aromatic carbocycles. The molecule has 0 aliphatic carbocycles. The molecule has 1 atom stereocenters. The molecule has 1 unspecified atom stereocenters. The minimum Gasteiger partial charge on any atom is -0.497 e. The van der Waals surface area contributed by atoms with Gasteiger partial charge in [-0.15, -0.1) is 0 Å². The number of hydrogen-bond donors (Lipinski definition) is 1. The summed E-state index contributed by atoms with van der Waals surface area (Å²) in [5.41, 5.74) is 2.65. The molecule has 0 saturated carbocycles. The first-order chi connectivity index (χ1) is 16.9. The molecule has 1 aliphatic rings. The number of ether oxygens (including phenoxy) is 4. The lowest BCUT2D eigenvalue weighted by Gasteiger charge is -2.23. The summed E-state index contributed by atoms with van der Waals surface area (Å²) < 4.78 is 22.0. The highest BCUT2D eigenvalue weighted by molar-refractivity contribution is 6.06. The van der Waals surface area contributed by atoms with Gasteiger partial charge in [0, 0.05) is 36.0 Å². The molecule has 3 aromatic rings. The number of anilines is 1. The van der Waals surface area contributed by atoms with E-state index in [1.165, 1.54) is 7.11 Å². The molecule has 182 valence electrons. The van der Waals surface area contributed by atoms with Crippen molar-refractivity contribution in [2.75, 3.05) is 26.6 Å². The number of para-hydroxylation sites is 1. The molecular formula is C27H28N2O6. The van der Waals surface area contributed by atoms with Crippen molar-refractivity contribution in [3.05, 3.63) is 77.4 Å². The average molecular weight is 477 g/mol. The van der Waals surface area contributed by atoms with E-state index in [0.29, 0.717) is 47.3 Å². The number of hydrogen-bond acceptors (Lipinski definition) is 6. The lowest BCUT2D eigenvalue weighted by molar-refractivity contribution is -0.138. The molecule has 0 radical (unpaired) electrons. The highest BCUT2D eigenvalue weighted by atomic mass is 16.5. The fourth-order valence-electron chi connectivity index (χ4n) is 4.03. The van der Waals surface area contributed by atoms with Crippen molar-refractivity contribution in [2.24, 2.45) is 0 Å². The Morgan fingerprint density at radius 3 is 2.51 bits per heavy atom. The molecule has 2 amide bonds. The van der Waals surface area contributed by atoms with Gasteiger partial charge in [0.2, 0.25) is 0 Å². The van der Waals surface area contributed by atoms with E-state index in [9.17, 15) is 9.59 Å². The Bertz CT molecular complexity index is 1240. The number of fused-ring (bicyclic) bond motifs is 1. The van der Waals surface area contributed by atoms with E-state index in [0.717, 1.165) is 11.1 Å². The maximum absolute atomic E-state index is 13.1. The summed E-state index contributed by atoms with van der Waals surface area (Å²) >= 11 is 0. The molecule has 0 fully saturated rings. The topological polar surface area (TPSA) is 86.3 Å². The monoisotopic (exact) mass is 476 g/mol. The van der Waals surface area contributed by atoms with Crippen LogP contribution in [-0.4, -0.2) is 44.1 Å². The van der Waals surface area contributed by atoms with Gasteiger partial charge in [-0.05, 0) is 49.4 Å². The Hall–Kier alpha value is -4.20. The minimum atomic E-state index is -0.658. The van der Waals surface area contributed by atoms with Gasteiger partial charge in [-0.3, -0.25) is 9.59 Å². The maximum Gasteiger partial charge on any atom is 0.263 e. The van der Waals surface area contributed by atoms with Crippen molar-refractivity contribution in [1.82, 2.24) is 4.90 Å². The Kier molecular flexibility index (Phi) is 7.10. The fraction of sp³-hybridized carbons (Fsp3) is 0.259. The summed E-state index contributed by atoms with van der Waals surface area (Å²) in [7, 11) is 4.70. The summed E-state index contributed by atoms with van der Waals surface area (Å²) in [6.45, 7) is 2.37. The summed E-state index contributed by atoms with van der Waals surface area (Å²) in [5, 5.41) is 2.91. The number of benzene rings is 3. The van der Waals surface area contributed by atoms with Gasteiger partial charge in [0.15, 0.2) is 6.10 Å². The van der Waals surface area contributed by atoms with Gasteiger partial charge < -0.3 is 29.2 Å². The average Bonchev–Trinajstić information content (AvgIpc) is 2.99. The van der Waals surface area contributed by atoms with E-state index in [-0.39, 0.29) is 11.8 Å². The van der Waals surface area contributed by atoms with E-state index in [2.05, 4.69) is 5.32 Å². The minimum absolute atomic E-state index is 0.140. The zero-order chi connectivity index (χ0) is 24.9. The predicted octanol–water partition coefficient (Wildman–Crippen LogP) is 4.27. The van der Waals surface area contributed by atoms with Crippen LogP contribution in [0.3, 0.4) is 0 Å². The third-order valence-corrected chi connectivity index (χ3v) is 5.85. The van der Waals surface area contributed by atoms with Crippen LogP contribution in [0.1, 0.15) is 28.4 Å². The highest BCUT2D eigenvalue weighted by Gasteiger charge is 2.29. The van der Waals surface area contributed by atoms with Gasteiger partial charge in [0.25, 0.3) is 11.8 Å². The van der Waals surface area contributed by atoms with Crippen molar-refractivity contribution in [1.29, 1.82) is 0 Å². The number of nitrogens with zero attached hydrogens (tertiary/aromatic N) is 1. The number of rotatable bonds is 7. The zero-order valence-corrected chi connectivity index (χ0v) is 20.2. The number of carbonyl (C=O) groups is 2. The second kappa shape index (κ2) is 10.4. The molecule has 0 aromatic heterocycles. The van der Waals surface area contributed by atoms with E-state index >= 15 is 0 Å². The van der Waals surface area contributed by atoms with E-state index in [1.807, 2.05) is 18.2 Å². The van der Waals surface area contributed by atoms with Crippen LogP contribution in [0.5, 0.6) is 23.0 Å². The van der Waals surface area contributed by atoms with Crippen molar-refractivity contribution >= 4 is 17.5 Å². The Labute approximate surface area is 204 Å². The Morgan fingerprint density at radius 2 is 1.77 bits per heavy atom. The zero-order valence-electron chi connectivity index (χ0n) is 20.2. The van der Waals surface area contributed by atoms with Gasteiger partial charge in [0.05, 0.1) is 26.9 Å². The van der Waals surface area contributed by atoms with Crippen LogP contribution in [0.25, 0.3) is 0 Å². The van der Waals surface area contributed by atoms with Crippen molar-refractivity contribution in [2.45, 2.75) is 26.1 Å². The summed E-state index contributed by atoms with van der Waals surface area (Å²) in [4.78, 5) is 27.7. The number of nitrogens with one attached hydrogen (secondary N) is 1. The molecule has 0 spiro atoms. The molecule has 1 N–H and O–H groups in total. The second-order valence-corrected chi connectivity index (χ2v) is 8.11. The van der Waals surface area contributed by atoms with Crippen LogP contribution < -0.4 is 24.3 Å². The van der Waals surface area contributed by atoms with E-state index < -0.39 is 6.10 Å². The van der Waals surface area contributed by atoms with Gasteiger partial charge in [-0.1, -0.05) is 12.1 Å². The quantitative estimate of drug-likeness (QED) is 0.548. The molecular weight excluding hydrogens is 448 g/mol. The largest absolute Gasteiger partial charge is 0.497 e. The molecule has 1 aliphatic heterocycles. The standard InChI is InChI=1S/C27H28N2O6/c1-17-27(31)29(15-18-9-11-21(32-2)14-25(18)34-4)16-19-13-20(10-12-23(19)35-17)28-26(30)22-7-5-6-8-24(22)33-3/h5-14,17H,15-16H2,1-4H3,(H,28,30). The maximum atomic E-state index is 13.1. The lowest BCUT2D eigenvalue weighted by atomic mass is 10.1. The first kappa shape index (κ1) is 23.9. The summed E-state index contributed by atoms with van der Waals surface area (Å²) in [6.07, 6.45) is -0.658. The summed E-state index contributed by atoms with van der Waals surface area (Å²) in [5.74, 6) is 1.96. The number of carbonyl (C=O) groups excluding carboxylic acids is 2. The number of methoxy groups -OCH3 is 3. The van der Waals surface area contributed by atoms with Gasteiger partial charge in [0.1, 0.15) is 23.0 Å². The molecule has 1 heterocycles.